The third-order valence-corrected chi connectivity index (χ3v) is 5.00. The van der Waals surface area contributed by atoms with E-state index in [4.69, 9.17) is 0 Å². The Hall–Kier alpha value is -1.92. The zero-order valence-electron chi connectivity index (χ0n) is 14.9. The molecule has 6 nitrogen and oxygen atoms in total. The Morgan fingerprint density at radius 1 is 1.20 bits per heavy atom. The van der Waals surface area contributed by atoms with E-state index in [1.165, 1.54) is 11.1 Å². The molecule has 0 radical (unpaired) electrons. The molecule has 136 valence electrons. The summed E-state index contributed by atoms with van der Waals surface area (Å²) in [5.41, 5.74) is 8.71. The maximum atomic E-state index is 12.3. The minimum absolute atomic E-state index is 0.0205. The number of nitrogens with zero attached hydrogens (tertiary/aromatic N) is 1. The van der Waals surface area contributed by atoms with Gasteiger partial charge < -0.3 is 10.2 Å². The molecule has 2 unspecified atom stereocenters. The number of amides is 2. The molecule has 0 spiro atoms. The topological polar surface area (TPSA) is 73.5 Å². The maximum Gasteiger partial charge on any atom is 0.238 e. The van der Waals surface area contributed by atoms with Gasteiger partial charge in [0.25, 0.3) is 0 Å². The number of nitrogens with one attached hydrogen (secondary N) is 3. The summed E-state index contributed by atoms with van der Waals surface area (Å²) in [5, 5.41) is 2.94. The van der Waals surface area contributed by atoms with Gasteiger partial charge in [-0.05, 0) is 30.4 Å². The molecule has 3 rings (SSSR count). The van der Waals surface area contributed by atoms with Crippen molar-refractivity contribution in [1.82, 2.24) is 21.1 Å². The van der Waals surface area contributed by atoms with Gasteiger partial charge in [0.15, 0.2) is 0 Å². The molecular weight excluding hydrogens is 316 g/mol. The van der Waals surface area contributed by atoms with E-state index in [2.05, 4.69) is 35.2 Å². The Bertz CT molecular complexity index is 594. The minimum atomic E-state index is -0.166. The van der Waals surface area contributed by atoms with Crippen molar-refractivity contribution >= 4 is 11.8 Å². The van der Waals surface area contributed by atoms with Crippen molar-refractivity contribution in [1.29, 1.82) is 0 Å². The molecular formula is C19H28N4O2. The number of benzene rings is 1. The van der Waals surface area contributed by atoms with Gasteiger partial charge in [-0.3, -0.25) is 15.0 Å². The van der Waals surface area contributed by atoms with Crippen molar-refractivity contribution < 1.29 is 9.59 Å². The summed E-state index contributed by atoms with van der Waals surface area (Å²) in [5.74, 6) is 0.182. The molecule has 25 heavy (non-hydrogen) atoms. The fourth-order valence-electron chi connectivity index (χ4n) is 3.57. The van der Waals surface area contributed by atoms with Crippen LogP contribution in [0.4, 0.5) is 0 Å². The lowest BCUT2D eigenvalue weighted by Crippen LogP contribution is -2.43. The summed E-state index contributed by atoms with van der Waals surface area (Å²) in [6, 6.07) is 8.40. The van der Waals surface area contributed by atoms with Crippen LogP contribution in [0.25, 0.3) is 0 Å². The normalized spacial score (nSPS) is 22.0. The van der Waals surface area contributed by atoms with Crippen LogP contribution in [0.15, 0.2) is 24.3 Å². The molecule has 0 bridgehead atoms. The van der Waals surface area contributed by atoms with Gasteiger partial charge >= 0.3 is 0 Å². The third kappa shape index (κ3) is 4.58. The SMILES string of the molecule is CCCC1CC(C(=O)NCCCC(=O)N2Cc3ccccc3C2)NN1. The van der Waals surface area contributed by atoms with Crippen LogP contribution in [0, 0.1) is 0 Å². The number of hydrogen-bond donors (Lipinski definition) is 3. The van der Waals surface area contributed by atoms with E-state index in [1.807, 2.05) is 17.0 Å². The van der Waals surface area contributed by atoms with Crippen molar-refractivity contribution in [2.45, 2.75) is 64.2 Å². The molecule has 1 saturated heterocycles. The number of fused-ring (bicyclic) bond motifs is 1. The summed E-state index contributed by atoms with van der Waals surface area (Å²) in [7, 11) is 0. The van der Waals surface area contributed by atoms with Crippen molar-refractivity contribution in [3.05, 3.63) is 35.4 Å². The van der Waals surface area contributed by atoms with Gasteiger partial charge in [0, 0.05) is 32.1 Å². The fraction of sp³-hybridized carbons (Fsp3) is 0.579. The Balaban J connectivity index is 1.32. The van der Waals surface area contributed by atoms with Gasteiger partial charge in [0.05, 0.1) is 0 Å². The largest absolute Gasteiger partial charge is 0.355 e. The van der Waals surface area contributed by atoms with Crippen LogP contribution < -0.4 is 16.2 Å². The first-order valence-electron chi connectivity index (χ1n) is 9.30. The molecule has 2 heterocycles. The van der Waals surface area contributed by atoms with E-state index >= 15 is 0 Å². The standard InChI is InChI=1S/C19H28N4O2/c1-2-6-16-11-17(22-21-16)19(25)20-10-5-9-18(24)23-12-14-7-3-4-8-15(14)13-23/h3-4,7-8,16-17,21-22H,2,5-6,9-13H2,1H3,(H,20,25). The van der Waals surface area contributed by atoms with Crippen LogP contribution in [-0.2, 0) is 22.7 Å². The van der Waals surface area contributed by atoms with E-state index in [-0.39, 0.29) is 17.9 Å². The highest BCUT2D eigenvalue weighted by molar-refractivity contribution is 5.82. The second kappa shape index (κ2) is 8.45. The van der Waals surface area contributed by atoms with Crippen LogP contribution in [0.3, 0.4) is 0 Å². The fourth-order valence-corrected chi connectivity index (χ4v) is 3.57. The zero-order valence-corrected chi connectivity index (χ0v) is 14.9. The summed E-state index contributed by atoms with van der Waals surface area (Å²) in [4.78, 5) is 26.3. The second-order valence-corrected chi connectivity index (χ2v) is 6.98. The smallest absolute Gasteiger partial charge is 0.238 e. The first-order valence-corrected chi connectivity index (χ1v) is 9.30. The Morgan fingerprint density at radius 2 is 1.92 bits per heavy atom. The van der Waals surface area contributed by atoms with Crippen molar-refractivity contribution in [2.75, 3.05) is 6.54 Å². The van der Waals surface area contributed by atoms with Gasteiger partial charge in [-0.25, -0.2) is 5.43 Å². The molecule has 2 atom stereocenters. The van der Waals surface area contributed by atoms with E-state index in [9.17, 15) is 9.59 Å². The summed E-state index contributed by atoms with van der Waals surface area (Å²) < 4.78 is 0. The summed E-state index contributed by atoms with van der Waals surface area (Å²) in [6.45, 7) is 4.10. The number of carbonyl (C=O) groups is 2. The Labute approximate surface area is 149 Å². The minimum Gasteiger partial charge on any atom is -0.355 e. The lowest BCUT2D eigenvalue weighted by molar-refractivity contribution is -0.132. The van der Waals surface area contributed by atoms with Crippen LogP contribution in [-0.4, -0.2) is 35.3 Å². The van der Waals surface area contributed by atoms with Crippen molar-refractivity contribution in [3.8, 4) is 0 Å². The molecule has 2 aliphatic rings. The van der Waals surface area contributed by atoms with Crippen LogP contribution in [0.5, 0.6) is 0 Å². The zero-order chi connectivity index (χ0) is 17.6. The summed E-state index contributed by atoms with van der Waals surface area (Å²) >= 11 is 0. The van der Waals surface area contributed by atoms with Crippen LogP contribution >= 0.6 is 0 Å². The van der Waals surface area contributed by atoms with E-state index in [1.54, 1.807) is 0 Å². The second-order valence-electron chi connectivity index (χ2n) is 6.98. The molecule has 3 N–H and O–H groups in total. The molecule has 1 fully saturated rings. The van der Waals surface area contributed by atoms with Gasteiger partial charge in [0.1, 0.15) is 6.04 Å². The molecule has 2 aliphatic heterocycles. The Kier molecular flexibility index (Phi) is 6.04. The number of hydrazine groups is 1. The third-order valence-electron chi connectivity index (χ3n) is 5.00. The molecule has 2 amide bonds. The highest BCUT2D eigenvalue weighted by atomic mass is 16.2. The first-order chi connectivity index (χ1) is 12.2. The average molecular weight is 344 g/mol. The molecule has 0 aliphatic carbocycles. The van der Waals surface area contributed by atoms with Crippen molar-refractivity contribution in [3.63, 3.8) is 0 Å². The van der Waals surface area contributed by atoms with Gasteiger partial charge in [-0.2, -0.15) is 0 Å². The van der Waals surface area contributed by atoms with E-state index in [0.717, 1.165) is 19.3 Å². The predicted molar refractivity (Wildman–Crippen MR) is 96.3 cm³/mol. The van der Waals surface area contributed by atoms with E-state index in [0.29, 0.717) is 38.5 Å². The van der Waals surface area contributed by atoms with Crippen LogP contribution in [0.1, 0.15) is 50.2 Å². The number of carbonyl (C=O) groups excluding carboxylic acids is 2. The highest BCUT2D eigenvalue weighted by Crippen LogP contribution is 2.22. The Morgan fingerprint density at radius 3 is 2.60 bits per heavy atom. The molecule has 1 aromatic carbocycles. The predicted octanol–water partition coefficient (Wildman–Crippen LogP) is 1.46. The maximum absolute atomic E-state index is 12.3. The van der Waals surface area contributed by atoms with Gasteiger partial charge in [0.2, 0.25) is 11.8 Å². The van der Waals surface area contributed by atoms with Gasteiger partial charge in [-0.1, -0.05) is 37.6 Å². The van der Waals surface area contributed by atoms with Crippen molar-refractivity contribution in [2.24, 2.45) is 0 Å². The lowest BCUT2D eigenvalue weighted by atomic mass is 10.1. The monoisotopic (exact) mass is 344 g/mol. The molecule has 0 saturated carbocycles. The highest BCUT2D eigenvalue weighted by Gasteiger charge is 2.28. The average Bonchev–Trinajstić information content (AvgIpc) is 3.25. The number of hydrogen-bond acceptors (Lipinski definition) is 4. The molecule has 6 heteroatoms. The van der Waals surface area contributed by atoms with E-state index < -0.39 is 0 Å². The quantitative estimate of drug-likeness (QED) is 0.655. The molecule has 1 aromatic rings. The number of rotatable bonds is 7. The molecule has 0 aromatic heterocycles. The lowest BCUT2D eigenvalue weighted by Gasteiger charge is -2.16. The van der Waals surface area contributed by atoms with Gasteiger partial charge in [-0.15, -0.1) is 0 Å². The van der Waals surface area contributed by atoms with Crippen LogP contribution in [0.2, 0.25) is 0 Å². The first kappa shape index (κ1) is 17.9. The summed E-state index contributed by atoms with van der Waals surface area (Å²) in [6.07, 6.45) is 4.16.